The summed E-state index contributed by atoms with van der Waals surface area (Å²) in [4.78, 5) is 19.3. The largest absolute Gasteiger partial charge is 0.367 e. The van der Waals surface area contributed by atoms with Gasteiger partial charge in [0.2, 0.25) is 5.95 Å². The molecule has 116 valence electrons. The maximum Gasteiger partial charge on any atom is 0.270 e. The van der Waals surface area contributed by atoms with Gasteiger partial charge in [0.1, 0.15) is 5.82 Å². The van der Waals surface area contributed by atoms with E-state index in [1.165, 1.54) is 12.1 Å². The molecule has 0 bridgehead atoms. The van der Waals surface area contributed by atoms with Crippen molar-refractivity contribution in [2.45, 2.75) is 26.3 Å². The van der Waals surface area contributed by atoms with Crippen molar-refractivity contribution >= 4 is 28.4 Å². The van der Waals surface area contributed by atoms with Crippen molar-refractivity contribution < 1.29 is 4.92 Å². The van der Waals surface area contributed by atoms with E-state index in [4.69, 9.17) is 0 Å². The van der Waals surface area contributed by atoms with Gasteiger partial charge in [0.25, 0.3) is 5.69 Å². The Morgan fingerprint density at radius 2 is 2.23 bits per heavy atom. The molecule has 0 saturated heterocycles. The number of rotatable bonds is 7. The van der Waals surface area contributed by atoms with E-state index in [1.54, 1.807) is 12.1 Å². The van der Waals surface area contributed by atoms with Crippen molar-refractivity contribution in [3.8, 4) is 0 Å². The second-order valence-corrected chi connectivity index (χ2v) is 4.98. The van der Waals surface area contributed by atoms with Gasteiger partial charge in [-0.05, 0) is 19.4 Å². The molecule has 1 unspecified atom stereocenters. The van der Waals surface area contributed by atoms with E-state index < -0.39 is 4.92 Å². The maximum absolute atomic E-state index is 11.0. The van der Waals surface area contributed by atoms with Crippen molar-refractivity contribution in [3.05, 3.63) is 41.0 Å². The highest BCUT2D eigenvalue weighted by Gasteiger charge is 2.14. The van der Waals surface area contributed by atoms with Gasteiger partial charge in [-0.25, -0.2) is 4.98 Å². The van der Waals surface area contributed by atoms with Crippen molar-refractivity contribution in [1.82, 2.24) is 9.97 Å². The van der Waals surface area contributed by atoms with Gasteiger partial charge in [0, 0.05) is 30.1 Å². The lowest BCUT2D eigenvalue weighted by molar-refractivity contribution is -0.384. The van der Waals surface area contributed by atoms with Gasteiger partial charge in [-0.2, -0.15) is 4.98 Å². The number of benzene rings is 1. The Kier molecular flexibility index (Phi) is 4.88. The lowest BCUT2D eigenvalue weighted by Gasteiger charge is -2.15. The van der Waals surface area contributed by atoms with Crippen LogP contribution in [0.25, 0.3) is 10.9 Å². The molecular weight excluding hydrogens is 282 g/mol. The van der Waals surface area contributed by atoms with E-state index in [1.807, 2.05) is 6.92 Å². The third kappa shape index (κ3) is 3.49. The summed E-state index contributed by atoms with van der Waals surface area (Å²) in [5.74, 6) is 1.06. The highest BCUT2D eigenvalue weighted by atomic mass is 16.6. The minimum Gasteiger partial charge on any atom is -0.367 e. The molecule has 0 amide bonds. The fourth-order valence-corrected chi connectivity index (χ4v) is 1.92. The Morgan fingerprint density at radius 1 is 1.45 bits per heavy atom. The predicted molar refractivity (Wildman–Crippen MR) is 88.3 cm³/mol. The molecule has 1 atom stereocenters. The maximum atomic E-state index is 11.0. The molecule has 1 aromatic heterocycles. The van der Waals surface area contributed by atoms with Crippen LogP contribution in [0.1, 0.15) is 20.3 Å². The summed E-state index contributed by atoms with van der Waals surface area (Å²) in [5.41, 5.74) is 0.674. The number of fused-ring (bicyclic) bond motifs is 1. The fraction of sp³-hybridized carbons (Fsp3) is 0.333. The van der Waals surface area contributed by atoms with Crippen LogP contribution in [0.15, 0.2) is 30.9 Å². The summed E-state index contributed by atoms with van der Waals surface area (Å²) >= 11 is 0. The van der Waals surface area contributed by atoms with Gasteiger partial charge in [-0.3, -0.25) is 10.1 Å². The summed E-state index contributed by atoms with van der Waals surface area (Å²) in [6.45, 7) is 8.27. The first-order valence-corrected chi connectivity index (χ1v) is 7.12. The molecule has 0 saturated carbocycles. The molecule has 0 radical (unpaired) electrons. The lowest BCUT2D eigenvalue weighted by atomic mass is 10.2. The summed E-state index contributed by atoms with van der Waals surface area (Å²) in [7, 11) is 0. The smallest absolute Gasteiger partial charge is 0.270 e. The first-order chi connectivity index (χ1) is 10.5. The van der Waals surface area contributed by atoms with Crippen LogP contribution in [0, 0.1) is 10.1 Å². The lowest BCUT2D eigenvalue weighted by Crippen LogP contribution is -2.16. The molecule has 1 aromatic carbocycles. The van der Waals surface area contributed by atoms with E-state index in [-0.39, 0.29) is 11.7 Å². The Bertz CT molecular complexity index is 702. The third-order valence-electron chi connectivity index (χ3n) is 3.29. The van der Waals surface area contributed by atoms with Crippen LogP contribution >= 0.6 is 0 Å². The Labute approximate surface area is 128 Å². The summed E-state index contributed by atoms with van der Waals surface area (Å²) < 4.78 is 0. The number of hydrogen-bond acceptors (Lipinski definition) is 6. The van der Waals surface area contributed by atoms with Gasteiger partial charge in [-0.1, -0.05) is 13.0 Å². The van der Waals surface area contributed by atoms with E-state index in [2.05, 4.69) is 34.1 Å². The number of hydrogen-bond donors (Lipinski definition) is 2. The monoisotopic (exact) mass is 301 g/mol. The number of nitrogens with one attached hydrogen (secondary N) is 2. The van der Waals surface area contributed by atoms with Gasteiger partial charge in [0.05, 0.1) is 10.4 Å². The quantitative estimate of drug-likeness (QED) is 0.463. The normalized spacial score (nSPS) is 11.9. The highest BCUT2D eigenvalue weighted by Crippen LogP contribution is 2.27. The van der Waals surface area contributed by atoms with Crippen LogP contribution in [-0.2, 0) is 0 Å². The molecule has 2 aromatic rings. The predicted octanol–water partition coefficient (Wildman–Crippen LogP) is 3.35. The summed E-state index contributed by atoms with van der Waals surface area (Å²) in [5, 5.41) is 17.9. The van der Waals surface area contributed by atoms with Crippen molar-refractivity contribution in [2.75, 3.05) is 17.2 Å². The molecule has 0 aliphatic heterocycles. The Morgan fingerprint density at radius 3 is 2.86 bits per heavy atom. The highest BCUT2D eigenvalue weighted by molar-refractivity contribution is 5.91. The summed E-state index contributed by atoms with van der Waals surface area (Å²) in [6.07, 6.45) is 2.63. The van der Waals surface area contributed by atoms with Crippen molar-refractivity contribution in [1.29, 1.82) is 0 Å². The number of anilines is 2. The zero-order valence-corrected chi connectivity index (χ0v) is 12.7. The standard InChI is InChI=1S/C15H19N5O2/c1-4-8-16-15-18-13-7-6-11(20(21)22)9-12(13)14(19-15)17-10(3)5-2/h4,6-7,9-10H,1,5,8H2,2-3H3,(H2,16,17,18,19). The van der Waals surface area contributed by atoms with Crippen LogP contribution in [0.4, 0.5) is 17.5 Å². The van der Waals surface area contributed by atoms with Gasteiger partial charge < -0.3 is 10.6 Å². The average Bonchev–Trinajstić information content (AvgIpc) is 2.52. The average molecular weight is 301 g/mol. The van der Waals surface area contributed by atoms with E-state index in [0.717, 1.165) is 6.42 Å². The number of nitro groups is 1. The third-order valence-corrected chi connectivity index (χ3v) is 3.29. The second kappa shape index (κ2) is 6.84. The first-order valence-electron chi connectivity index (χ1n) is 7.12. The topological polar surface area (TPSA) is 93.0 Å². The van der Waals surface area contributed by atoms with Crippen LogP contribution < -0.4 is 10.6 Å². The molecule has 22 heavy (non-hydrogen) atoms. The minimum atomic E-state index is -0.420. The molecule has 0 aliphatic carbocycles. The minimum absolute atomic E-state index is 0.0232. The number of aromatic nitrogens is 2. The van der Waals surface area contributed by atoms with Crippen LogP contribution in [0.2, 0.25) is 0 Å². The first kappa shape index (κ1) is 15.7. The van der Waals surface area contributed by atoms with Crippen molar-refractivity contribution in [3.63, 3.8) is 0 Å². The Hall–Kier alpha value is -2.70. The van der Waals surface area contributed by atoms with Crippen LogP contribution in [0.3, 0.4) is 0 Å². The number of nitro benzene ring substituents is 1. The van der Waals surface area contributed by atoms with E-state index >= 15 is 0 Å². The zero-order valence-electron chi connectivity index (χ0n) is 12.7. The van der Waals surface area contributed by atoms with Gasteiger partial charge >= 0.3 is 0 Å². The molecule has 0 fully saturated rings. The molecular formula is C15H19N5O2. The number of nitrogens with zero attached hydrogens (tertiary/aromatic N) is 3. The molecule has 2 N–H and O–H groups in total. The molecule has 0 aliphatic rings. The van der Waals surface area contributed by atoms with Crippen LogP contribution in [0.5, 0.6) is 0 Å². The fourth-order valence-electron chi connectivity index (χ4n) is 1.92. The molecule has 7 nitrogen and oxygen atoms in total. The SMILES string of the molecule is C=CCNc1nc(NC(C)CC)c2cc([N+](=O)[O-])ccc2n1. The van der Waals surface area contributed by atoms with Crippen molar-refractivity contribution in [2.24, 2.45) is 0 Å². The molecule has 1 heterocycles. The van der Waals surface area contributed by atoms with Gasteiger partial charge in [-0.15, -0.1) is 6.58 Å². The van der Waals surface area contributed by atoms with Gasteiger partial charge in [0.15, 0.2) is 0 Å². The molecule has 0 spiro atoms. The van der Waals surface area contributed by atoms with E-state index in [0.29, 0.717) is 29.2 Å². The second-order valence-electron chi connectivity index (χ2n) is 4.98. The number of non-ortho nitro benzene ring substituents is 1. The molecule has 7 heteroatoms. The van der Waals surface area contributed by atoms with E-state index in [9.17, 15) is 10.1 Å². The zero-order chi connectivity index (χ0) is 16.1. The van der Waals surface area contributed by atoms with Crippen LogP contribution in [-0.4, -0.2) is 27.5 Å². The summed E-state index contributed by atoms with van der Waals surface area (Å²) in [6, 6.07) is 4.78. The molecule has 2 rings (SSSR count). The Balaban J connectivity index is 2.54.